The zero-order chi connectivity index (χ0) is 17.8. The highest BCUT2D eigenvalue weighted by Crippen LogP contribution is 2.31. The lowest BCUT2D eigenvalue weighted by Gasteiger charge is -2.14. The summed E-state index contributed by atoms with van der Waals surface area (Å²) in [6.07, 6.45) is 6.12. The third-order valence-corrected chi connectivity index (χ3v) is 4.74. The molecule has 0 aliphatic heterocycles. The molecule has 2 N–H and O–H groups in total. The van der Waals surface area contributed by atoms with Crippen LogP contribution in [0.5, 0.6) is 5.75 Å². The smallest absolute Gasteiger partial charge is 0.274 e. The second kappa shape index (κ2) is 7.70. The van der Waals surface area contributed by atoms with Crippen LogP contribution >= 0.6 is 11.6 Å². The van der Waals surface area contributed by atoms with Crippen LogP contribution in [0.3, 0.4) is 0 Å². The molecule has 2 aromatic rings. The van der Waals surface area contributed by atoms with Gasteiger partial charge in [0.05, 0.1) is 12.8 Å². The molecular formula is C18H21ClN4O2. The molecule has 1 heterocycles. The molecule has 6 nitrogen and oxygen atoms in total. The van der Waals surface area contributed by atoms with Gasteiger partial charge in [0.2, 0.25) is 0 Å². The highest BCUT2D eigenvalue weighted by atomic mass is 35.5. The van der Waals surface area contributed by atoms with E-state index in [0.29, 0.717) is 34.0 Å². The Kier molecular flexibility index (Phi) is 5.38. The Balaban J connectivity index is 1.76. The summed E-state index contributed by atoms with van der Waals surface area (Å²) >= 11 is 6.10. The van der Waals surface area contributed by atoms with Gasteiger partial charge in [-0.3, -0.25) is 4.79 Å². The minimum Gasteiger partial charge on any atom is -0.495 e. The molecule has 0 bridgehead atoms. The number of hydrogen-bond acceptors (Lipinski definition) is 5. The molecule has 3 rings (SSSR count). The lowest BCUT2D eigenvalue weighted by molar-refractivity contribution is 0.102. The Hall–Kier alpha value is -2.34. The van der Waals surface area contributed by atoms with Gasteiger partial charge in [0.15, 0.2) is 0 Å². The van der Waals surface area contributed by atoms with Gasteiger partial charge in [-0.15, -0.1) is 0 Å². The number of carbonyl (C=O) groups is 1. The number of methoxy groups -OCH3 is 1. The normalized spacial score (nSPS) is 14.4. The van der Waals surface area contributed by atoms with Crippen molar-refractivity contribution in [3.8, 4) is 5.75 Å². The number of ether oxygens (including phenoxy) is 1. The minimum atomic E-state index is -0.322. The summed E-state index contributed by atoms with van der Waals surface area (Å²) in [7, 11) is 1.53. The maximum absolute atomic E-state index is 12.6. The SMILES string of the molecule is COc1cc(Cl)c(C)cc1NC(=O)c1cc(NC2CCCC2)ncn1. The van der Waals surface area contributed by atoms with Gasteiger partial charge in [-0.25, -0.2) is 9.97 Å². The van der Waals surface area contributed by atoms with Crippen LogP contribution in [0.25, 0.3) is 0 Å². The first-order valence-corrected chi connectivity index (χ1v) is 8.68. The van der Waals surface area contributed by atoms with E-state index in [1.54, 1.807) is 18.2 Å². The molecule has 1 aromatic heterocycles. The van der Waals surface area contributed by atoms with E-state index in [-0.39, 0.29) is 5.91 Å². The van der Waals surface area contributed by atoms with Crippen molar-refractivity contribution < 1.29 is 9.53 Å². The molecule has 0 radical (unpaired) electrons. The van der Waals surface area contributed by atoms with Crippen molar-refractivity contribution in [3.05, 3.63) is 40.8 Å². The van der Waals surface area contributed by atoms with Crippen molar-refractivity contribution in [1.29, 1.82) is 0 Å². The third kappa shape index (κ3) is 4.20. The molecule has 0 saturated heterocycles. The zero-order valence-corrected chi connectivity index (χ0v) is 15.1. The Labute approximate surface area is 152 Å². The van der Waals surface area contributed by atoms with Gasteiger partial charge in [-0.1, -0.05) is 24.4 Å². The molecule has 0 unspecified atom stereocenters. The van der Waals surface area contributed by atoms with Gasteiger partial charge in [0, 0.05) is 23.2 Å². The number of anilines is 2. The van der Waals surface area contributed by atoms with E-state index in [1.165, 1.54) is 26.3 Å². The Morgan fingerprint density at radius 3 is 2.72 bits per heavy atom. The maximum Gasteiger partial charge on any atom is 0.274 e. The van der Waals surface area contributed by atoms with E-state index in [4.69, 9.17) is 16.3 Å². The highest BCUT2D eigenvalue weighted by Gasteiger charge is 2.17. The molecule has 1 saturated carbocycles. The van der Waals surface area contributed by atoms with Crippen LogP contribution in [-0.2, 0) is 0 Å². The van der Waals surface area contributed by atoms with Crippen molar-refractivity contribution >= 4 is 29.0 Å². The number of hydrogen-bond donors (Lipinski definition) is 2. The number of benzene rings is 1. The van der Waals surface area contributed by atoms with Crippen LogP contribution in [0.1, 0.15) is 41.7 Å². The fourth-order valence-corrected chi connectivity index (χ4v) is 3.11. The van der Waals surface area contributed by atoms with E-state index >= 15 is 0 Å². The first kappa shape index (κ1) is 17.5. The van der Waals surface area contributed by atoms with Crippen LogP contribution < -0.4 is 15.4 Å². The number of nitrogens with one attached hydrogen (secondary N) is 2. The molecule has 1 aliphatic carbocycles. The van der Waals surface area contributed by atoms with Gasteiger partial charge in [-0.2, -0.15) is 0 Å². The lowest BCUT2D eigenvalue weighted by Crippen LogP contribution is -2.18. The van der Waals surface area contributed by atoms with Crippen molar-refractivity contribution in [2.45, 2.75) is 38.6 Å². The molecule has 1 aliphatic rings. The molecular weight excluding hydrogens is 340 g/mol. The largest absolute Gasteiger partial charge is 0.495 e. The molecule has 1 aromatic carbocycles. The third-order valence-electron chi connectivity index (χ3n) is 4.34. The summed E-state index contributed by atoms with van der Waals surface area (Å²) in [5.74, 6) is 0.852. The molecule has 1 amide bonds. The molecule has 25 heavy (non-hydrogen) atoms. The number of rotatable bonds is 5. The summed E-state index contributed by atoms with van der Waals surface area (Å²) in [6.45, 7) is 1.87. The fourth-order valence-electron chi connectivity index (χ4n) is 2.96. The lowest BCUT2D eigenvalue weighted by atomic mass is 10.2. The van der Waals surface area contributed by atoms with Gasteiger partial charge in [0.1, 0.15) is 23.6 Å². The number of nitrogens with zero attached hydrogens (tertiary/aromatic N) is 2. The van der Waals surface area contributed by atoms with Crippen molar-refractivity contribution in [2.75, 3.05) is 17.7 Å². The van der Waals surface area contributed by atoms with Crippen LogP contribution in [0, 0.1) is 6.92 Å². The maximum atomic E-state index is 12.6. The zero-order valence-electron chi connectivity index (χ0n) is 14.3. The fraction of sp³-hybridized carbons (Fsp3) is 0.389. The van der Waals surface area contributed by atoms with Crippen LogP contribution in [-0.4, -0.2) is 29.0 Å². The topological polar surface area (TPSA) is 76.1 Å². The van der Waals surface area contributed by atoms with Crippen LogP contribution in [0.2, 0.25) is 5.02 Å². The standard InChI is InChI=1S/C18H21ClN4O2/c1-11-7-14(16(25-2)8-13(11)19)23-18(24)15-9-17(21-10-20-15)22-12-5-3-4-6-12/h7-10,12H,3-6H2,1-2H3,(H,23,24)(H,20,21,22). The number of amides is 1. The summed E-state index contributed by atoms with van der Waals surface area (Å²) in [6, 6.07) is 5.55. The monoisotopic (exact) mass is 360 g/mol. The van der Waals surface area contributed by atoms with Gasteiger partial charge in [-0.05, 0) is 31.4 Å². The number of carbonyl (C=O) groups excluding carboxylic acids is 1. The van der Waals surface area contributed by atoms with E-state index in [9.17, 15) is 4.79 Å². The van der Waals surface area contributed by atoms with Gasteiger partial charge < -0.3 is 15.4 Å². The quantitative estimate of drug-likeness (QED) is 0.841. The second-order valence-electron chi connectivity index (χ2n) is 6.17. The molecule has 0 atom stereocenters. The molecule has 1 fully saturated rings. The Bertz CT molecular complexity index is 776. The second-order valence-corrected chi connectivity index (χ2v) is 6.58. The van der Waals surface area contributed by atoms with Crippen molar-refractivity contribution in [1.82, 2.24) is 9.97 Å². The summed E-state index contributed by atoms with van der Waals surface area (Å²) in [5, 5.41) is 6.78. The van der Waals surface area contributed by atoms with E-state index in [1.807, 2.05) is 6.92 Å². The minimum absolute atomic E-state index is 0.296. The molecule has 0 spiro atoms. The summed E-state index contributed by atoms with van der Waals surface area (Å²) in [5.41, 5.74) is 1.70. The Morgan fingerprint density at radius 1 is 1.24 bits per heavy atom. The highest BCUT2D eigenvalue weighted by molar-refractivity contribution is 6.31. The Morgan fingerprint density at radius 2 is 2.00 bits per heavy atom. The molecule has 7 heteroatoms. The van der Waals surface area contributed by atoms with E-state index < -0.39 is 0 Å². The van der Waals surface area contributed by atoms with E-state index in [0.717, 1.165) is 18.4 Å². The van der Waals surface area contributed by atoms with Crippen LogP contribution in [0.4, 0.5) is 11.5 Å². The van der Waals surface area contributed by atoms with Crippen LogP contribution in [0.15, 0.2) is 24.5 Å². The van der Waals surface area contributed by atoms with Gasteiger partial charge in [0.25, 0.3) is 5.91 Å². The summed E-state index contributed by atoms with van der Waals surface area (Å²) in [4.78, 5) is 20.8. The predicted molar refractivity (Wildman–Crippen MR) is 98.6 cm³/mol. The van der Waals surface area contributed by atoms with Crippen molar-refractivity contribution in [3.63, 3.8) is 0 Å². The first-order chi connectivity index (χ1) is 12.1. The average Bonchev–Trinajstić information content (AvgIpc) is 3.11. The van der Waals surface area contributed by atoms with Gasteiger partial charge >= 0.3 is 0 Å². The number of aromatic nitrogens is 2. The predicted octanol–water partition coefficient (Wildman–Crippen LogP) is 4.05. The summed E-state index contributed by atoms with van der Waals surface area (Å²) < 4.78 is 5.29. The van der Waals surface area contributed by atoms with Crippen molar-refractivity contribution in [2.24, 2.45) is 0 Å². The number of aryl methyl sites for hydroxylation is 1. The first-order valence-electron chi connectivity index (χ1n) is 8.31. The number of halogens is 1. The average molecular weight is 361 g/mol. The van der Waals surface area contributed by atoms with E-state index in [2.05, 4.69) is 20.6 Å². The molecule has 132 valence electrons.